The second-order valence-corrected chi connectivity index (χ2v) is 4.06. The Labute approximate surface area is 94.0 Å². The number of aromatic hydroxyl groups is 1. The van der Waals surface area contributed by atoms with Gasteiger partial charge in [0, 0.05) is 0 Å². The lowest BCUT2D eigenvalue weighted by Crippen LogP contribution is -2.34. The summed E-state index contributed by atoms with van der Waals surface area (Å²) >= 11 is 5.79. The maximum absolute atomic E-state index is 9.66. The Bertz CT molecular complexity index is 337. The Kier molecular flexibility index (Phi) is 3.34. The first-order valence-corrected chi connectivity index (χ1v) is 5.50. The number of rotatable bonds is 2. The highest BCUT2D eigenvalue weighted by atomic mass is 35.5. The SMILES string of the molecule is Oc1c(Cl)cccc1OC1CCNCC1. The molecule has 0 bridgehead atoms. The molecular weight excluding hydrogens is 214 g/mol. The number of para-hydroxylation sites is 1. The van der Waals surface area contributed by atoms with Gasteiger partial charge in [-0.25, -0.2) is 0 Å². The van der Waals surface area contributed by atoms with E-state index in [0.29, 0.717) is 10.8 Å². The van der Waals surface area contributed by atoms with Crippen LogP contribution in [0.2, 0.25) is 5.02 Å². The molecule has 15 heavy (non-hydrogen) atoms. The van der Waals surface area contributed by atoms with Crippen molar-refractivity contribution in [1.29, 1.82) is 0 Å². The first-order valence-electron chi connectivity index (χ1n) is 5.12. The second-order valence-electron chi connectivity index (χ2n) is 3.65. The maximum atomic E-state index is 9.66. The number of hydrogen-bond acceptors (Lipinski definition) is 3. The van der Waals surface area contributed by atoms with Gasteiger partial charge < -0.3 is 15.2 Å². The molecule has 4 heteroatoms. The van der Waals surface area contributed by atoms with Crippen LogP contribution < -0.4 is 10.1 Å². The van der Waals surface area contributed by atoms with Gasteiger partial charge in [0.1, 0.15) is 6.10 Å². The first kappa shape index (κ1) is 10.6. The number of phenols is 1. The third-order valence-corrected chi connectivity index (χ3v) is 2.83. The van der Waals surface area contributed by atoms with E-state index in [1.165, 1.54) is 0 Å². The van der Waals surface area contributed by atoms with Crippen LogP contribution in [0, 0.1) is 0 Å². The molecule has 1 aliphatic rings. The Hall–Kier alpha value is -0.930. The molecular formula is C11H14ClNO2. The highest BCUT2D eigenvalue weighted by molar-refractivity contribution is 6.32. The molecule has 1 heterocycles. The van der Waals surface area contributed by atoms with Crippen molar-refractivity contribution < 1.29 is 9.84 Å². The topological polar surface area (TPSA) is 41.5 Å². The predicted octanol–water partition coefficient (Wildman–Crippen LogP) is 2.18. The van der Waals surface area contributed by atoms with Crippen molar-refractivity contribution in [2.24, 2.45) is 0 Å². The fourth-order valence-corrected chi connectivity index (χ4v) is 1.85. The van der Waals surface area contributed by atoms with Crippen LogP contribution in [0.5, 0.6) is 11.5 Å². The van der Waals surface area contributed by atoms with Crippen molar-refractivity contribution in [2.45, 2.75) is 18.9 Å². The average Bonchev–Trinajstić information content (AvgIpc) is 2.26. The van der Waals surface area contributed by atoms with E-state index in [1.54, 1.807) is 18.2 Å². The third kappa shape index (κ3) is 2.55. The summed E-state index contributed by atoms with van der Waals surface area (Å²) in [4.78, 5) is 0. The summed E-state index contributed by atoms with van der Waals surface area (Å²) in [6.07, 6.45) is 2.10. The summed E-state index contributed by atoms with van der Waals surface area (Å²) in [5, 5.41) is 13.2. The molecule has 2 N–H and O–H groups in total. The van der Waals surface area contributed by atoms with Gasteiger partial charge in [-0.05, 0) is 38.1 Å². The van der Waals surface area contributed by atoms with E-state index in [4.69, 9.17) is 16.3 Å². The molecule has 0 amide bonds. The fourth-order valence-electron chi connectivity index (χ4n) is 1.68. The number of hydrogen-bond donors (Lipinski definition) is 2. The first-order chi connectivity index (χ1) is 7.27. The number of ether oxygens (including phenoxy) is 1. The lowest BCUT2D eigenvalue weighted by atomic mass is 10.1. The summed E-state index contributed by atoms with van der Waals surface area (Å²) in [5.41, 5.74) is 0. The number of nitrogens with one attached hydrogen (secondary N) is 1. The van der Waals surface area contributed by atoms with Crippen LogP contribution in [0.15, 0.2) is 18.2 Å². The van der Waals surface area contributed by atoms with Crippen LogP contribution in [0.4, 0.5) is 0 Å². The molecule has 2 rings (SSSR count). The molecule has 82 valence electrons. The minimum atomic E-state index is 0.0395. The molecule has 3 nitrogen and oxygen atoms in total. The standard InChI is InChI=1S/C11H14ClNO2/c12-9-2-1-3-10(11(9)14)15-8-4-6-13-7-5-8/h1-3,8,13-14H,4-7H2. The van der Waals surface area contributed by atoms with E-state index in [-0.39, 0.29) is 11.9 Å². The molecule has 0 saturated carbocycles. The Morgan fingerprint density at radius 1 is 1.33 bits per heavy atom. The Morgan fingerprint density at radius 2 is 2.07 bits per heavy atom. The van der Waals surface area contributed by atoms with Gasteiger partial charge in [-0.3, -0.25) is 0 Å². The zero-order valence-electron chi connectivity index (χ0n) is 8.37. The maximum Gasteiger partial charge on any atom is 0.176 e. The van der Waals surface area contributed by atoms with E-state index in [9.17, 15) is 5.11 Å². The summed E-state index contributed by atoms with van der Waals surface area (Å²) < 4.78 is 5.69. The molecule has 1 saturated heterocycles. The van der Waals surface area contributed by atoms with Crippen molar-refractivity contribution in [3.63, 3.8) is 0 Å². The van der Waals surface area contributed by atoms with Gasteiger partial charge in [0.2, 0.25) is 0 Å². The molecule has 1 fully saturated rings. The zero-order chi connectivity index (χ0) is 10.7. The molecule has 1 aliphatic heterocycles. The highest BCUT2D eigenvalue weighted by Crippen LogP contribution is 2.34. The Balaban J connectivity index is 2.06. The molecule has 0 spiro atoms. The van der Waals surface area contributed by atoms with Crippen molar-refractivity contribution in [2.75, 3.05) is 13.1 Å². The van der Waals surface area contributed by atoms with Crippen molar-refractivity contribution in [3.8, 4) is 11.5 Å². The monoisotopic (exact) mass is 227 g/mol. The van der Waals surface area contributed by atoms with Gasteiger partial charge in [-0.15, -0.1) is 0 Å². The average molecular weight is 228 g/mol. The largest absolute Gasteiger partial charge is 0.503 e. The van der Waals surface area contributed by atoms with E-state index in [1.807, 2.05) is 0 Å². The molecule has 0 radical (unpaired) electrons. The lowest BCUT2D eigenvalue weighted by molar-refractivity contribution is 0.157. The van der Waals surface area contributed by atoms with Crippen LogP contribution in [0.25, 0.3) is 0 Å². The number of piperidine rings is 1. The summed E-state index contributed by atoms with van der Waals surface area (Å²) in [5.74, 6) is 0.520. The number of phenolic OH excluding ortho intramolecular Hbond substituents is 1. The molecule has 0 aromatic heterocycles. The van der Waals surface area contributed by atoms with E-state index >= 15 is 0 Å². The van der Waals surface area contributed by atoms with Crippen LogP contribution in [0.1, 0.15) is 12.8 Å². The fraction of sp³-hybridized carbons (Fsp3) is 0.455. The minimum Gasteiger partial charge on any atom is -0.503 e. The van der Waals surface area contributed by atoms with Crippen molar-refractivity contribution in [1.82, 2.24) is 5.32 Å². The number of halogens is 1. The zero-order valence-corrected chi connectivity index (χ0v) is 9.13. The molecule has 1 aromatic carbocycles. The van der Waals surface area contributed by atoms with Gasteiger partial charge >= 0.3 is 0 Å². The van der Waals surface area contributed by atoms with Crippen molar-refractivity contribution in [3.05, 3.63) is 23.2 Å². The number of benzene rings is 1. The van der Waals surface area contributed by atoms with Crippen LogP contribution in [0.3, 0.4) is 0 Å². The van der Waals surface area contributed by atoms with Gasteiger partial charge in [0.25, 0.3) is 0 Å². The van der Waals surface area contributed by atoms with E-state index in [0.717, 1.165) is 25.9 Å². The summed E-state index contributed by atoms with van der Waals surface area (Å²) in [7, 11) is 0. The van der Waals surface area contributed by atoms with Gasteiger partial charge in [0.15, 0.2) is 11.5 Å². The van der Waals surface area contributed by atoms with Gasteiger partial charge in [0.05, 0.1) is 5.02 Å². The third-order valence-electron chi connectivity index (χ3n) is 2.53. The molecule has 0 aliphatic carbocycles. The molecule has 0 atom stereocenters. The lowest BCUT2D eigenvalue weighted by Gasteiger charge is -2.24. The summed E-state index contributed by atoms with van der Waals surface area (Å²) in [6.45, 7) is 1.93. The van der Waals surface area contributed by atoms with Gasteiger partial charge in [-0.2, -0.15) is 0 Å². The summed E-state index contributed by atoms with van der Waals surface area (Å²) in [6, 6.07) is 5.16. The van der Waals surface area contributed by atoms with E-state index < -0.39 is 0 Å². The Morgan fingerprint density at radius 3 is 2.80 bits per heavy atom. The highest BCUT2D eigenvalue weighted by Gasteiger charge is 2.16. The predicted molar refractivity (Wildman–Crippen MR) is 59.6 cm³/mol. The van der Waals surface area contributed by atoms with Gasteiger partial charge in [-0.1, -0.05) is 17.7 Å². The van der Waals surface area contributed by atoms with Crippen molar-refractivity contribution >= 4 is 11.6 Å². The molecule has 0 unspecified atom stereocenters. The van der Waals surface area contributed by atoms with E-state index in [2.05, 4.69) is 5.32 Å². The van der Waals surface area contributed by atoms with Crippen LogP contribution in [-0.2, 0) is 0 Å². The normalized spacial score (nSPS) is 17.7. The quantitative estimate of drug-likeness (QED) is 0.814. The molecule has 1 aromatic rings. The van der Waals surface area contributed by atoms with Crippen LogP contribution >= 0.6 is 11.6 Å². The smallest absolute Gasteiger partial charge is 0.176 e. The minimum absolute atomic E-state index is 0.0395. The second kappa shape index (κ2) is 4.73. The van der Waals surface area contributed by atoms with Crippen LogP contribution in [-0.4, -0.2) is 24.3 Å².